The van der Waals surface area contributed by atoms with E-state index >= 15 is 0 Å². The summed E-state index contributed by atoms with van der Waals surface area (Å²) >= 11 is 0. The van der Waals surface area contributed by atoms with Crippen molar-refractivity contribution < 1.29 is 14.7 Å². The molecule has 0 radical (unpaired) electrons. The Morgan fingerprint density at radius 1 is 1.29 bits per heavy atom. The molecule has 1 heterocycles. The van der Waals surface area contributed by atoms with Gasteiger partial charge in [-0.1, -0.05) is 44.2 Å². The number of hydrogen-bond donors (Lipinski definition) is 2. The van der Waals surface area contributed by atoms with Gasteiger partial charge in [0.15, 0.2) is 0 Å². The van der Waals surface area contributed by atoms with Crippen molar-refractivity contribution in [1.29, 1.82) is 0 Å². The largest absolute Gasteiger partial charge is 0.394 e. The first-order valence-corrected chi connectivity index (χ1v) is 8.68. The van der Waals surface area contributed by atoms with Crippen molar-refractivity contribution in [3.63, 3.8) is 0 Å². The van der Waals surface area contributed by atoms with E-state index in [1.807, 2.05) is 37.3 Å². The molecule has 0 saturated carbocycles. The first-order valence-electron chi connectivity index (χ1n) is 8.68. The summed E-state index contributed by atoms with van der Waals surface area (Å²) in [7, 11) is 0. The maximum atomic E-state index is 12.4. The molecule has 1 aromatic carbocycles. The van der Waals surface area contributed by atoms with Crippen LogP contribution in [0.1, 0.15) is 45.2 Å². The summed E-state index contributed by atoms with van der Waals surface area (Å²) in [5.74, 6) is -0.0751. The van der Waals surface area contributed by atoms with Crippen molar-refractivity contribution in [2.24, 2.45) is 11.8 Å². The van der Waals surface area contributed by atoms with Gasteiger partial charge in [-0.15, -0.1) is 0 Å². The van der Waals surface area contributed by atoms with E-state index in [0.29, 0.717) is 12.5 Å². The Bertz CT molecular complexity index is 559. The highest BCUT2D eigenvalue weighted by atomic mass is 16.3. The van der Waals surface area contributed by atoms with Gasteiger partial charge in [-0.2, -0.15) is 0 Å². The number of nitrogens with zero attached hydrogens (tertiary/aromatic N) is 1. The topological polar surface area (TPSA) is 69.6 Å². The van der Waals surface area contributed by atoms with Gasteiger partial charge in [0.25, 0.3) is 0 Å². The summed E-state index contributed by atoms with van der Waals surface area (Å²) in [5.41, 5.74) is 1.07. The third-order valence-electron chi connectivity index (χ3n) is 4.60. The van der Waals surface area contributed by atoms with Crippen molar-refractivity contribution in [3.05, 3.63) is 35.9 Å². The van der Waals surface area contributed by atoms with Crippen LogP contribution in [-0.2, 0) is 9.59 Å². The van der Waals surface area contributed by atoms with E-state index in [1.165, 1.54) is 0 Å². The molecule has 3 atom stereocenters. The highest BCUT2D eigenvalue weighted by Crippen LogP contribution is 2.28. The number of aliphatic hydroxyl groups is 1. The highest BCUT2D eigenvalue weighted by molar-refractivity contribution is 5.89. The fraction of sp³-hybridized carbons (Fsp3) is 0.579. The summed E-state index contributed by atoms with van der Waals surface area (Å²) in [6.07, 6.45) is 0.968. The molecule has 2 amide bonds. The number of amides is 2. The average molecular weight is 332 g/mol. The van der Waals surface area contributed by atoms with Crippen molar-refractivity contribution >= 4 is 11.8 Å². The lowest BCUT2D eigenvalue weighted by atomic mass is 10.0. The van der Waals surface area contributed by atoms with Gasteiger partial charge in [-0.25, -0.2) is 0 Å². The molecule has 0 bridgehead atoms. The van der Waals surface area contributed by atoms with Gasteiger partial charge in [0, 0.05) is 13.0 Å². The van der Waals surface area contributed by atoms with Crippen LogP contribution >= 0.6 is 0 Å². The SMILES string of the molecule is CC(C)CC(CO)NC(=O)C1CC(=O)N(C(C)c2ccccc2)C1. The molecule has 5 heteroatoms. The van der Waals surface area contributed by atoms with Crippen molar-refractivity contribution in [1.82, 2.24) is 10.2 Å². The molecular weight excluding hydrogens is 304 g/mol. The van der Waals surface area contributed by atoms with Crippen molar-refractivity contribution in [2.45, 2.75) is 45.7 Å². The first kappa shape index (κ1) is 18.5. The molecule has 3 unspecified atom stereocenters. The zero-order chi connectivity index (χ0) is 17.7. The van der Waals surface area contributed by atoms with Gasteiger partial charge in [0.2, 0.25) is 11.8 Å². The molecule has 0 aromatic heterocycles. The normalized spacial score (nSPS) is 20.3. The Hall–Kier alpha value is -1.88. The van der Waals surface area contributed by atoms with Crippen LogP contribution in [0.15, 0.2) is 30.3 Å². The van der Waals surface area contributed by atoms with Gasteiger partial charge in [-0.05, 0) is 24.8 Å². The minimum absolute atomic E-state index is 0.0101. The van der Waals surface area contributed by atoms with E-state index in [9.17, 15) is 14.7 Å². The van der Waals surface area contributed by atoms with Crippen LogP contribution in [0.2, 0.25) is 0 Å². The summed E-state index contributed by atoms with van der Waals surface area (Å²) in [4.78, 5) is 26.6. The maximum absolute atomic E-state index is 12.4. The Morgan fingerprint density at radius 3 is 2.54 bits per heavy atom. The van der Waals surface area contributed by atoms with Crippen LogP contribution < -0.4 is 5.32 Å². The first-order chi connectivity index (χ1) is 11.4. The molecule has 0 spiro atoms. The predicted octanol–water partition coefficient (Wildman–Crippen LogP) is 2.12. The van der Waals surface area contributed by atoms with E-state index < -0.39 is 0 Å². The Labute approximate surface area is 144 Å². The number of aliphatic hydroxyl groups excluding tert-OH is 1. The molecule has 1 aliphatic heterocycles. The molecule has 1 fully saturated rings. The zero-order valence-corrected chi connectivity index (χ0v) is 14.7. The van der Waals surface area contributed by atoms with Gasteiger partial charge in [-0.3, -0.25) is 9.59 Å². The summed E-state index contributed by atoms with van der Waals surface area (Å²) in [6, 6.07) is 9.56. The standard InChI is InChI=1S/C19H28N2O3/c1-13(2)9-17(12-22)20-19(24)16-10-18(23)21(11-16)14(3)15-7-5-4-6-8-15/h4-8,13-14,16-17,22H,9-12H2,1-3H3,(H,20,24). The second kappa shape index (κ2) is 8.29. The summed E-state index contributed by atoms with van der Waals surface area (Å²) in [5, 5.41) is 12.3. The maximum Gasteiger partial charge on any atom is 0.225 e. The Balaban J connectivity index is 1.97. The van der Waals surface area contributed by atoms with Crippen LogP contribution in [-0.4, -0.2) is 41.0 Å². The van der Waals surface area contributed by atoms with E-state index in [0.717, 1.165) is 12.0 Å². The highest BCUT2D eigenvalue weighted by Gasteiger charge is 2.37. The number of carbonyl (C=O) groups is 2. The number of likely N-dealkylation sites (tertiary alicyclic amines) is 1. The number of rotatable bonds is 7. The van der Waals surface area contributed by atoms with Gasteiger partial charge < -0.3 is 15.3 Å². The van der Waals surface area contributed by atoms with Crippen LogP contribution in [0.4, 0.5) is 0 Å². The molecule has 2 rings (SSSR count). The lowest BCUT2D eigenvalue weighted by Gasteiger charge is -2.25. The van der Waals surface area contributed by atoms with Gasteiger partial charge in [0.1, 0.15) is 0 Å². The molecular formula is C19H28N2O3. The van der Waals surface area contributed by atoms with E-state index in [4.69, 9.17) is 0 Å². The van der Waals surface area contributed by atoms with Crippen LogP contribution in [0.3, 0.4) is 0 Å². The van der Waals surface area contributed by atoms with Crippen molar-refractivity contribution in [3.8, 4) is 0 Å². The zero-order valence-electron chi connectivity index (χ0n) is 14.7. The van der Waals surface area contributed by atoms with Crippen LogP contribution in [0.5, 0.6) is 0 Å². The third-order valence-corrected chi connectivity index (χ3v) is 4.60. The second-order valence-electron chi connectivity index (χ2n) is 7.05. The number of benzene rings is 1. The number of hydrogen-bond acceptors (Lipinski definition) is 3. The fourth-order valence-corrected chi connectivity index (χ4v) is 3.26. The molecule has 5 nitrogen and oxygen atoms in total. The smallest absolute Gasteiger partial charge is 0.225 e. The van der Waals surface area contributed by atoms with Crippen molar-refractivity contribution in [2.75, 3.05) is 13.2 Å². The van der Waals surface area contributed by atoms with Crippen LogP contribution in [0, 0.1) is 11.8 Å². The number of nitrogens with one attached hydrogen (secondary N) is 1. The van der Waals surface area contributed by atoms with E-state index in [2.05, 4.69) is 19.2 Å². The lowest BCUT2D eigenvalue weighted by Crippen LogP contribution is -2.42. The van der Waals surface area contributed by atoms with E-state index in [-0.39, 0.29) is 42.8 Å². The Morgan fingerprint density at radius 2 is 1.96 bits per heavy atom. The Kier molecular flexibility index (Phi) is 6.37. The minimum atomic E-state index is -0.343. The lowest BCUT2D eigenvalue weighted by molar-refractivity contribution is -0.130. The van der Waals surface area contributed by atoms with E-state index in [1.54, 1.807) is 4.90 Å². The predicted molar refractivity (Wildman–Crippen MR) is 93.1 cm³/mol. The summed E-state index contributed by atoms with van der Waals surface area (Å²) < 4.78 is 0. The molecule has 1 saturated heterocycles. The minimum Gasteiger partial charge on any atom is -0.394 e. The summed E-state index contributed by atoms with van der Waals surface area (Å²) in [6.45, 7) is 6.45. The fourth-order valence-electron chi connectivity index (χ4n) is 3.26. The van der Waals surface area contributed by atoms with Gasteiger partial charge in [0.05, 0.1) is 24.6 Å². The average Bonchev–Trinajstić information content (AvgIpc) is 2.95. The molecule has 0 aliphatic carbocycles. The van der Waals surface area contributed by atoms with Gasteiger partial charge >= 0.3 is 0 Å². The third kappa shape index (κ3) is 4.57. The quantitative estimate of drug-likeness (QED) is 0.803. The molecule has 24 heavy (non-hydrogen) atoms. The number of carbonyl (C=O) groups excluding carboxylic acids is 2. The molecule has 2 N–H and O–H groups in total. The van der Waals surface area contributed by atoms with Crippen LogP contribution in [0.25, 0.3) is 0 Å². The molecule has 1 aromatic rings. The monoisotopic (exact) mass is 332 g/mol. The second-order valence-corrected chi connectivity index (χ2v) is 7.05. The molecule has 1 aliphatic rings. The molecule has 132 valence electrons.